The van der Waals surface area contributed by atoms with E-state index in [9.17, 15) is 9.90 Å². The van der Waals surface area contributed by atoms with Crippen molar-refractivity contribution >= 4 is 5.97 Å². The van der Waals surface area contributed by atoms with Gasteiger partial charge in [0.05, 0.1) is 32.2 Å². The fraction of sp³-hybridized carbons (Fsp3) is 0.500. The van der Waals surface area contributed by atoms with Gasteiger partial charge in [-0.15, -0.1) is 0 Å². The first kappa shape index (κ1) is 20.3. The van der Waals surface area contributed by atoms with Crippen LogP contribution in [0.4, 0.5) is 0 Å². The van der Waals surface area contributed by atoms with E-state index in [2.05, 4.69) is 25.1 Å². The van der Waals surface area contributed by atoms with Gasteiger partial charge in [0, 0.05) is 37.2 Å². The van der Waals surface area contributed by atoms with Crippen LogP contribution in [0.3, 0.4) is 0 Å². The highest BCUT2D eigenvalue weighted by atomic mass is 16.4. The lowest BCUT2D eigenvalue weighted by molar-refractivity contribution is -0.158. The Hall–Kier alpha value is -2.98. The molecule has 4 rings (SSSR count). The highest BCUT2D eigenvalue weighted by molar-refractivity contribution is 5.69. The van der Waals surface area contributed by atoms with Gasteiger partial charge in [-0.25, -0.2) is 4.90 Å². The first-order chi connectivity index (χ1) is 14.7. The molecule has 1 N–H and O–H groups in total. The van der Waals surface area contributed by atoms with Gasteiger partial charge in [-0.3, -0.25) is 23.7 Å². The maximum atomic E-state index is 11.9. The predicted molar refractivity (Wildman–Crippen MR) is 109 cm³/mol. The van der Waals surface area contributed by atoms with Crippen LogP contribution in [0.5, 0.6) is 0 Å². The van der Waals surface area contributed by atoms with E-state index in [1.165, 1.54) is 0 Å². The molecule has 0 radical (unpaired) electrons. The standard InChI is InChI=1S/C20H28N8O2/c29-19(30)15-24(16-26-12-4-9-21-26)20(7-2-1-3-8-20)25(17-27-13-5-10-22-27)18-28-14-6-11-23-28/h4-6,9-14H,1-3,7-8,15-18H2,(H,29,30). The predicted octanol–water partition coefficient (Wildman–Crippen LogP) is 1.90. The summed E-state index contributed by atoms with van der Waals surface area (Å²) in [6.45, 7) is 1.44. The molecule has 0 atom stereocenters. The van der Waals surface area contributed by atoms with Crippen LogP contribution >= 0.6 is 0 Å². The average Bonchev–Trinajstić information content (AvgIpc) is 3.51. The van der Waals surface area contributed by atoms with Gasteiger partial charge in [0.1, 0.15) is 0 Å². The fourth-order valence-corrected chi connectivity index (χ4v) is 4.43. The summed E-state index contributed by atoms with van der Waals surface area (Å²) in [6, 6.07) is 5.66. The van der Waals surface area contributed by atoms with E-state index in [-0.39, 0.29) is 6.54 Å². The van der Waals surface area contributed by atoms with Gasteiger partial charge in [0.2, 0.25) is 0 Å². The number of carbonyl (C=O) groups is 1. The maximum Gasteiger partial charge on any atom is 0.317 e. The van der Waals surface area contributed by atoms with Crippen LogP contribution in [0.1, 0.15) is 32.1 Å². The Bertz CT molecular complexity index is 849. The highest BCUT2D eigenvalue weighted by Crippen LogP contribution is 2.38. The second-order valence-corrected chi connectivity index (χ2v) is 7.74. The Balaban J connectivity index is 1.71. The van der Waals surface area contributed by atoms with Crippen LogP contribution in [0.2, 0.25) is 0 Å². The molecule has 0 saturated heterocycles. The molecule has 1 aliphatic carbocycles. The molecule has 3 aromatic rings. The SMILES string of the molecule is O=C(O)CN(Cn1cccn1)C1(N(Cn2cccn2)Cn2cccn2)CCCCC1. The van der Waals surface area contributed by atoms with Crippen LogP contribution in [-0.2, 0) is 24.8 Å². The monoisotopic (exact) mass is 412 g/mol. The molecule has 3 aromatic heterocycles. The molecule has 0 aliphatic heterocycles. The van der Waals surface area contributed by atoms with E-state index >= 15 is 0 Å². The van der Waals surface area contributed by atoms with Crippen molar-refractivity contribution in [2.24, 2.45) is 0 Å². The van der Waals surface area contributed by atoms with Crippen molar-refractivity contribution in [2.45, 2.75) is 57.8 Å². The molecular weight excluding hydrogens is 384 g/mol. The summed E-state index contributed by atoms with van der Waals surface area (Å²) in [4.78, 5) is 16.2. The Morgan fingerprint density at radius 3 is 1.67 bits per heavy atom. The van der Waals surface area contributed by atoms with E-state index in [4.69, 9.17) is 0 Å². The largest absolute Gasteiger partial charge is 0.480 e. The van der Waals surface area contributed by atoms with Gasteiger partial charge in [0.15, 0.2) is 0 Å². The molecule has 1 aliphatic rings. The minimum atomic E-state index is -0.842. The smallest absolute Gasteiger partial charge is 0.317 e. The molecule has 0 amide bonds. The lowest BCUT2D eigenvalue weighted by atomic mass is 9.86. The van der Waals surface area contributed by atoms with Crippen molar-refractivity contribution < 1.29 is 9.90 Å². The van der Waals surface area contributed by atoms with E-state index in [1.54, 1.807) is 23.3 Å². The van der Waals surface area contributed by atoms with Crippen molar-refractivity contribution in [3.63, 3.8) is 0 Å². The normalized spacial score (nSPS) is 16.3. The highest BCUT2D eigenvalue weighted by Gasteiger charge is 2.44. The first-order valence-corrected chi connectivity index (χ1v) is 10.3. The summed E-state index contributed by atoms with van der Waals surface area (Å²) in [7, 11) is 0. The van der Waals surface area contributed by atoms with Crippen LogP contribution in [-0.4, -0.2) is 62.4 Å². The summed E-state index contributed by atoms with van der Waals surface area (Å²) in [5, 5.41) is 22.9. The summed E-state index contributed by atoms with van der Waals surface area (Å²) >= 11 is 0. The minimum absolute atomic E-state index is 0.0609. The van der Waals surface area contributed by atoms with Gasteiger partial charge in [0.25, 0.3) is 0 Å². The van der Waals surface area contributed by atoms with Crippen LogP contribution in [0.15, 0.2) is 55.4 Å². The third kappa shape index (κ3) is 4.60. The van der Waals surface area contributed by atoms with Crippen molar-refractivity contribution in [1.82, 2.24) is 39.1 Å². The molecule has 160 valence electrons. The van der Waals surface area contributed by atoms with Crippen molar-refractivity contribution in [3.05, 3.63) is 55.4 Å². The number of hydrogen-bond acceptors (Lipinski definition) is 6. The molecule has 10 heteroatoms. The van der Waals surface area contributed by atoms with Gasteiger partial charge in [-0.1, -0.05) is 19.3 Å². The fourth-order valence-electron chi connectivity index (χ4n) is 4.43. The molecule has 0 spiro atoms. The zero-order valence-corrected chi connectivity index (χ0v) is 17.0. The number of rotatable bonds is 10. The molecule has 0 bridgehead atoms. The zero-order valence-electron chi connectivity index (χ0n) is 17.0. The van der Waals surface area contributed by atoms with E-state index in [0.717, 1.165) is 32.1 Å². The number of carboxylic acids is 1. The Morgan fingerprint density at radius 2 is 1.27 bits per heavy atom. The van der Waals surface area contributed by atoms with E-state index < -0.39 is 11.6 Å². The lowest BCUT2D eigenvalue weighted by Gasteiger charge is -2.52. The van der Waals surface area contributed by atoms with E-state index in [1.807, 2.05) is 46.2 Å². The molecule has 10 nitrogen and oxygen atoms in total. The van der Waals surface area contributed by atoms with Crippen molar-refractivity contribution in [1.29, 1.82) is 0 Å². The third-order valence-electron chi connectivity index (χ3n) is 5.78. The third-order valence-corrected chi connectivity index (χ3v) is 5.78. The molecule has 0 aromatic carbocycles. The second-order valence-electron chi connectivity index (χ2n) is 7.74. The van der Waals surface area contributed by atoms with Gasteiger partial charge in [-0.05, 0) is 31.0 Å². The molecule has 3 heterocycles. The van der Waals surface area contributed by atoms with Crippen molar-refractivity contribution in [2.75, 3.05) is 6.54 Å². The Labute approximate surface area is 175 Å². The number of carboxylic acid groups (broad SMARTS) is 1. The molecule has 30 heavy (non-hydrogen) atoms. The van der Waals surface area contributed by atoms with Gasteiger partial charge < -0.3 is 5.11 Å². The molecule has 0 unspecified atom stereocenters. The number of aliphatic carboxylic acids is 1. The van der Waals surface area contributed by atoms with Crippen molar-refractivity contribution in [3.8, 4) is 0 Å². The summed E-state index contributed by atoms with van der Waals surface area (Å²) in [6.07, 6.45) is 16.0. The summed E-state index contributed by atoms with van der Waals surface area (Å²) < 4.78 is 5.55. The van der Waals surface area contributed by atoms with Crippen LogP contribution in [0, 0.1) is 0 Å². The quantitative estimate of drug-likeness (QED) is 0.508. The van der Waals surface area contributed by atoms with E-state index in [0.29, 0.717) is 20.0 Å². The van der Waals surface area contributed by atoms with Gasteiger partial charge >= 0.3 is 5.97 Å². The topological polar surface area (TPSA) is 97.2 Å². The molecule has 1 fully saturated rings. The lowest BCUT2D eigenvalue weighted by Crippen LogP contribution is -2.63. The zero-order chi connectivity index (χ0) is 20.8. The average molecular weight is 412 g/mol. The van der Waals surface area contributed by atoms with Gasteiger partial charge in [-0.2, -0.15) is 15.3 Å². The Morgan fingerprint density at radius 1 is 0.800 bits per heavy atom. The van der Waals surface area contributed by atoms with Crippen LogP contribution in [0.25, 0.3) is 0 Å². The summed E-state index contributed by atoms with van der Waals surface area (Å²) in [5.74, 6) is -0.842. The Kier molecular flexibility index (Phi) is 6.24. The minimum Gasteiger partial charge on any atom is -0.480 e. The van der Waals surface area contributed by atoms with Crippen LogP contribution < -0.4 is 0 Å². The maximum absolute atomic E-state index is 11.9. The number of aromatic nitrogens is 6. The molecule has 1 saturated carbocycles. The summed E-state index contributed by atoms with van der Waals surface area (Å²) in [5.41, 5.74) is -0.444. The second kappa shape index (κ2) is 9.23. The number of hydrogen-bond donors (Lipinski definition) is 1. The first-order valence-electron chi connectivity index (χ1n) is 10.3. The molecular formula is C20H28N8O2. The number of nitrogens with zero attached hydrogens (tertiary/aromatic N) is 8.